The molecular formula is C15H12Cl2F3N. The van der Waals surface area contributed by atoms with Gasteiger partial charge in [-0.3, -0.25) is 0 Å². The van der Waals surface area contributed by atoms with E-state index in [2.05, 4.69) is 5.32 Å². The minimum absolute atomic E-state index is 0.0245. The van der Waals surface area contributed by atoms with Gasteiger partial charge in [0.25, 0.3) is 0 Å². The van der Waals surface area contributed by atoms with Gasteiger partial charge < -0.3 is 5.32 Å². The lowest BCUT2D eigenvalue weighted by Crippen LogP contribution is -2.11. The highest BCUT2D eigenvalue weighted by Gasteiger charge is 2.33. The lowest BCUT2D eigenvalue weighted by atomic mass is 10.1. The molecule has 0 aliphatic heterocycles. The predicted octanol–water partition coefficient (Wildman–Crippen LogP) is 5.93. The highest BCUT2D eigenvalue weighted by molar-refractivity contribution is 6.31. The van der Waals surface area contributed by atoms with Gasteiger partial charge in [0.2, 0.25) is 0 Å². The molecule has 0 fully saturated rings. The summed E-state index contributed by atoms with van der Waals surface area (Å²) < 4.78 is 38.9. The average Bonchev–Trinajstić information content (AvgIpc) is 2.38. The second-order valence-corrected chi connectivity index (χ2v) is 5.48. The summed E-state index contributed by atoms with van der Waals surface area (Å²) >= 11 is 11.7. The van der Waals surface area contributed by atoms with E-state index < -0.39 is 11.7 Å². The Morgan fingerprint density at radius 3 is 2.38 bits per heavy atom. The maximum atomic E-state index is 13.0. The molecular weight excluding hydrogens is 322 g/mol. The Kier molecular flexibility index (Phi) is 4.69. The number of hydrogen-bond acceptors (Lipinski definition) is 1. The van der Waals surface area contributed by atoms with E-state index >= 15 is 0 Å². The van der Waals surface area contributed by atoms with Crippen molar-refractivity contribution >= 4 is 28.9 Å². The molecule has 0 radical (unpaired) electrons. The van der Waals surface area contributed by atoms with Gasteiger partial charge in [0.1, 0.15) is 0 Å². The zero-order chi connectivity index (χ0) is 15.6. The Hall–Kier alpha value is -1.39. The summed E-state index contributed by atoms with van der Waals surface area (Å²) in [5.74, 6) is 0. The molecule has 0 heterocycles. The zero-order valence-corrected chi connectivity index (χ0v) is 12.6. The van der Waals surface area contributed by atoms with E-state index in [1.165, 1.54) is 12.1 Å². The minimum Gasteiger partial charge on any atom is -0.380 e. The molecule has 0 aliphatic rings. The van der Waals surface area contributed by atoms with E-state index in [9.17, 15) is 13.2 Å². The van der Waals surface area contributed by atoms with E-state index in [-0.39, 0.29) is 17.3 Å². The van der Waals surface area contributed by atoms with Crippen LogP contribution in [0.2, 0.25) is 10.0 Å². The number of aryl methyl sites for hydroxylation is 1. The van der Waals surface area contributed by atoms with E-state index in [1.807, 2.05) is 13.0 Å². The number of halogens is 5. The summed E-state index contributed by atoms with van der Waals surface area (Å²) in [6.45, 7) is 2.09. The van der Waals surface area contributed by atoms with Gasteiger partial charge in [-0.25, -0.2) is 0 Å². The molecule has 6 heteroatoms. The van der Waals surface area contributed by atoms with Crippen LogP contribution in [0.5, 0.6) is 0 Å². The third-order valence-corrected chi connectivity index (χ3v) is 3.55. The van der Waals surface area contributed by atoms with E-state index in [4.69, 9.17) is 23.2 Å². The monoisotopic (exact) mass is 333 g/mol. The molecule has 0 saturated heterocycles. The highest BCUT2D eigenvalue weighted by Crippen LogP contribution is 2.36. The van der Waals surface area contributed by atoms with Crippen molar-refractivity contribution < 1.29 is 13.2 Å². The van der Waals surface area contributed by atoms with E-state index in [1.54, 1.807) is 12.1 Å². The van der Waals surface area contributed by atoms with Crippen molar-refractivity contribution in [2.24, 2.45) is 0 Å². The molecule has 21 heavy (non-hydrogen) atoms. The first kappa shape index (κ1) is 16.0. The van der Waals surface area contributed by atoms with Crippen LogP contribution in [-0.4, -0.2) is 0 Å². The van der Waals surface area contributed by atoms with E-state index in [0.717, 1.165) is 17.2 Å². The summed E-state index contributed by atoms with van der Waals surface area (Å²) in [6.07, 6.45) is -4.47. The molecule has 0 bridgehead atoms. The molecule has 1 N–H and O–H groups in total. The minimum atomic E-state index is -4.47. The zero-order valence-electron chi connectivity index (χ0n) is 11.1. The van der Waals surface area contributed by atoms with Crippen LogP contribution in [0.4, 0.5) is 18.9 Å². The number of nitrogens with one attached hydrogen (secondary N) is 1. The van der Waals surface area contributed by atoms with Crippen molar-refractivity contribution in [2.75, 3.05) is 5.32 Å². The van der Waals surface area contributed by atoms with Crippen molar-refractivity contribution in [2.45, 2.75) is 19.6 Å². The van der Waals surface area contributed by atoms with Crippen LogP contribution in [-0.2, 0) is 12.7 Å². The van der Waals surface area contributed by atoms with Crippen LogP contribution in [0.15, 0.2) is 36.4 Å². The molecule has 0 unspecified atom stereocenters. The van der Waals surface area contributed by atoms with E-state index in [0.29, 0.717) is 5.02 Å². The summed E-state index contributed by atoms with van der Waals surface area (Å²) in [7, 11) is 0. The van der Waals surface area contributed by atoms with Crippen LogP contribution in [0.3, 0.4) is 0 Å². The summed E-state index contributed by atoms with van der Waals surface area (Å²) in [5, 5.41) is 3.32. The second kappa shape index (κ2) is 6.16. The van der Waals surface area contributed by atoms with Gasteiger partial charge >= 0.3 is 6.18 Å². The maximum Gasteiger partial charge on any atom is 0.418 e. The molecule has 2 aromatic carbocycles. The van der Waals surface area contributed by atoms with Gasteiger partial charge in [0.15, 0.2) is 0 Å². The molecule has 2 aromatic rings. The quantitative estimate of drug-likeness (QED) is 0.733. The molecule has 1 nitrogen and oxygen atoms in total. The summed E-state index contributed by atoms with van der Waals surface area (Å²) in [4.78, 5) is 0. The second-order valence-electron chi connectivity index (χ2n) is 4.64. The number of benzene rings is 2. The standard InChI is InChI=1S/C15H12Cl2F3N/c1-9-2-3-10(13(17)6-9)8-21-14-5-4-11(16)7-12(14)15(18,19)20/h2-7,21H,8H2,1H3. The summed E-state index contributed by atoms with van der Waals surface area (Å²) in [5.41, 5.74) is 0.901. The number of alkyl halides is 3. The fourth-order valence-electron chi connectivity index (χ4n) is 1.89. The Balaban J connectivity index is 2.24. The number of rotatable bonds is 3. The summed E-state index contributed by atoms with van der Waals surface area (Å²) in [6, 6.07) is 9.04. The van der Waals surface area contributed by atoms with Gasteiger partial charge in [-0.2, -0.15) is 13.2 Å². The molecule has 0 aromatic heterocycles. The van der Waals surface area contributed by atoms with Gasteiger partial charge in [-0.05, 0) is 42.3 Å². The SMILES string of the molecule is Cc1ccc(CNc2ccc(Cl)cc2C(F)(F)F)c(Cl)c1. The highest BCUT2D eigenvalue weighted by atomic mass is 35.5. The predicted molar refractivity (Wildman–Crippen MR) is 80.0 cm³/mol. The lowest BCUT2D eigenvalue weighted by molar-refractivity contribution is -0.136. The third kappa shape index (κ3) is 4.05. The van der Waals surface area contributed by atoms with Crippen LogP contribution in [0.25, 0.3) is 0 Å². The number of hydrogen-bond donors (Lipinski definition) is 1. The first-order valence-electron chi connectivity index (χ1n) is 6.13. The molecule has 0 saturated carbocycles. The topological polar surface area (TPSA) is 12.0 Å². The Bertz CT molecular complexity index is 654. The normalized spacial score (nSPS) is 11.5. The first-order chi connectivity index (χ1) is 9.77. The molecule has 0 amide bonds. The average molecular weight is 334 g/mol. The van der Waals surface area contributed by atoms with Gasteiger partial charge in [0.05, 0.1) is 5.56 Å². The third-order valence-electron chi connectivity index (χ3n) is 2.96. The molecule has 2 rings (SSSR count). The smallest absolute Gasteiger partial charge is 0.380 e. The van der Waals surface area contributed by atoms with Crippen molar-refractivity contribution in [3.8, 4) is 0 Å². The maximum absolute atomic E-state index is 13.0. The van der Waals surface area contributed by atoms with Crippen LogP contribution in [0.1, 0.15) is 16.7 Å². The fourth-order valence-corrected chi connectivity index (χ4v) is 2.37. The van der Waals surface area contributed by atoms with Crippen LogP contribution < -0.4 is 5.32 Å². The molecule has 112 valence electrons. The van der Waals surface area contributed by atoms with Crippen molar-refractivity contribution in [1.82, 2.24) is 0 Å². The molecule has 0 aliphatic carbocycles. The Morgan fingerprint density at radius 2 is 1.76 bits per heavy atom. The van der Waals surface area contributed by atoms with Crippen molar-refractivity contribution in [1.29, 1.82) is 0 Å². The first-order valence-corrected chi connectivity index (χ1v) is 6.88. The number of anilines is 1. The van der Waals surface area contributed by atoms with Gasteiger partial charge in [-0.15, -0.1) is 0 Å². The van der Waals surface area contributed by atoms with Crippen molar-refractivity contribution in [3.05, 3.63) is 63.1 Å². The van der Waals surface area contributed by atoms with Crippen LogP contribution >= 0.6 is 23.2 Å². The Morgan fingerprint density at radius 1 is 1.05 bits per heavy atom. The fraction of sp³-hybridized carbons (Fsp3) is 0.200. The Labute approximate surface area is 130 Å². The molecule has 0 atom stereocenters. The van der Waals surface area contributed by atoms with Gasteiger partial charge in [-0.1, -0.05) is 35.3 Å². The molecule has 0 spiro atoms. The largest absolute Gasteiger partial charge is 0.418 e. The van der Waals surface area contributed by atoms with Crippen molar-refractivity contribution in [3.63, 3.8) is 0 Å². The van der Waals surface area contributed by atoms with Gasteiger partial charge in [0, 0.05) is 22.3 Å². The van der Waals surface area contributed by atoms with Crippen LogP contribution in [0, 0.1) is 6.92 Å². The lowest BCUT2D eigenvalue weighted by Gasteiger charge is -2.15.